The predicted octanol–water partition coefficient (Wildman–Crippen LogP) is 3.61. The number of pyridine rings is 1. The molecule has 106 valence electrons. The van der Waals surface area contributed by atoms with Crippen molar-refractivity contribution in [2.24, 2.45) is 0 Å². The summed E-state index contributed by atoms with van der Waals surface area (Å²) in [5, 5.41) is 0.403. The molecule has 0 atom stereocenters. The van der Waals surface area contributed by atoms with E-state index in [0.29, 0.717) is 16.3 Å². The first kappa shape index (κ1) is 15.1. The second-order valence-electron chi connectivity index (χ2n) is 4.11. The molecular weight excluding hydrogens is 321 g/mol. The summed E-state index contributed by atoms with van der Waals surface area (Å²) in [4.78, 5) is 3.93. The zero-order valence-electron chi connectivity index (χ0n) is 10.5. The summed E-state index contributed by atoms with van der Waals surface area (Å²) < 4.78 is 28.9. The minimum atomic E-state index is -3.83. The summed E-state index contributed by atoms with van der Waals surface area (Å²) in [5.41, 5.74) is 1.07. The van der Waals surface area contributed by atoms with Gasteiger partial charge in [0.15, 0.2) is 0 Å². The summed E-state index contributed by atoms with van der Waals surface area (Å²) in [7, 11) is -3.83. The van der Waals surface area contributed by atoms with Gasteiger partial charge in [-0.15, -0.1) is 0 Å². The molecule has 2 rings (SSSR count). The molecule has 0 fully saturated rings. The predicted molar refractivity (Wildman–Crippen MR) is 78.7 cm³/mol. The van der Waals surface area contributed by atoms with E-state index >= 15 is 0 Å². The zero-order chi connectivity index (χ0) is 14.8. The number of rotatable bonds is 4. The molecule has 0 spiro atoms. The molecule has 0 unspecified atom stereocenters. The van der Waals surface area contributed by atoms with Gasteiger partial charge in [-0.1, -0.05) is 53.5 Å². The minimum absolute atomic E-state index is 0.0530. The number of aromatic nitrogens is 1. The SMILES string of the molecule is Cc1nc(OS(=O)(=O)Cc2ccccc2)c(Cl)cc1Cl. The Morgan fingerprint density at radius 3 is 2.45 bits per heavy atom. The third kappa shape index (κ3) is 3.85. The lowest BCUT2D eigenvalue weighted by Gasteiger charge is -2.09. The van der Waals surface area contributed by atoms with E-state index in [4.69, 9.17) is 27.4 Å². The van der Waals surface area contributed by atoms with Gasteiger partial charge in [-0.3, -0.25) is 0 Å². The van der Waals surface area contributed by atoms with Crippen LogP contribution in [0.4, 0.5) is 0 Å². The molecule has 0 radical (unpaired) electrons. The van der Waals surface area contributed by atoms with Crippen LogP contribution >= 0.6 is 23.2 Å². The molecule has 4 nitrogen and oxygen atoms in total. The van der Waals surface area contributed by atoms with Crippen LogP contribution in [-0.4, -0.2) is 13.4 Å². The summed E-state index contributed by atoms with van der Waals surface area (Å²) in [5.74, 6) is -0.419. The largest absolute Gasteiger partial charge is 0.360 e. The zero-order valence-corrected chi connectivity index (χ0v) is 12.8. The molecule has 0 amide bonds. The van der Waals surface area contributed by atoms with Crippen molar-refractivity contribution in [3.05, 3.63) is 57.7 Å². The van der Waals surface area contributed by atoms with E-state index in [0.717, 1.165) is 0 Å². The molecule has 0 aliphatic heterocycles. The van der Waals surface area contributed by atoms with Gasteiger partial charge in [-0.2, -0.15) is 8.42 Å². The van der Waals surface area contributed by atoms with Crippen LogP contribution in [-0.2, 0) is 15.9 Å². The maximum Gasteiger partial charge on any atom is 0.314 e. The normalized spacial score (nSPS) is 11.3. The highest BCUT2D eigenvalue weighted by Gasteiger charge is 2.18. The summed E-state index contributed by atoms with van der Waals surface area (Å²) in [6, 6.07) is 10.1. The van der Waals surface area contributed by atoms with Crippen molar-refractivity contribution in [2.45, 2.75) is 12.7 Å². The maximum atomic E-state index is 12.0. The Morgan fingerprint density at radius 1 is 1.15 bits per heavy atom. The Bertz CT molecular complexity index is 718. The van der Waals surface area contributed by atoms with Crippen molar-refractivity contribution in [3.63, 3.8) is 0 Å². The molecule has 7 heteroatoms. The number of hydrogen-bond donors (Lipinski definition) is 0. The fourth-order valence-corrected chi connectivity index (χ4v) is 2.99. The molecule has 20 heavy (non-hydrogen) atoms. The first-order valence-corrected chi connectivity index (χ1v) is 7.99. The summed E-state index contributed by atoms with van der Waals surface area (Å²) in [6.45, 7) is 1.63. The highest BCUT2D eigenvalue weighted by Crippen LogP contribution is 2.28. The van der Waals surface area contributed by atoms with E-state index in [1.165, 1.54) is 6.07 Å². The second-order valence-corrected chi connectivity index (χ2v) is 6.50. The van der Waals surface area contributed by atoms with E-state index < -0.39 is 10.1 Å². The summed E-state index contributed by atoms with van der Waals surface area (Å²) in [6.07, 6.45) is 0. The highest BCUT2D eigenvalue weighted by molar-refractivity contribution is 7.86. The third-order valence-corrected chi connectivity index (χ3v) is 4.22. The number of nitrogens with zero attached hydrogens (tertiary/aromatic N) is 1. The second kappa shape index (κ2) is 5.99. The molecule has 1 aromatic heterocycles. The van der Waals surface area contributed by atoms with Crippen molar-refractivity contribution >= 4 is 33.3 Å². The molecule has 1 heterocycles. The van der Waals surface area contributed by atoms with E-state index in [1.807, 2.05) is 0 Å². The monoisotopic (exact) mass is 331 g/mol. The fourth-order valence-electron chi connectivity index (χ4n) is 1.52. The Labute approximate surface area is 127 Å². The third-order valence-electron chi connectivity index (χ3n) is 2.46. The average molecular weight is 332 g/mol. The van der Waals surface area contributed by atoms with Crippen molar-refractivity contribution in [1.29, 1.82) is 0 Å². The van der Waals surface area contributed by atoms with E-state index in [2.05, 4.69) is 4.98 Å². The molecule has 0 saturated heterocycles. The van der Waals surface area contributed by atoms with Gasteiger partial charge in [0.2, 0.25) is 0 Å². The van der Waals surface area contributed by atoms with Crippen LogP contribution in [0.5, 0.6) is 5.88 Å². The standard InChI is InChI=1S/C13H11Cl2NO3S/c1-9-11(14)7-12(15)13(16-9)19-20(17,18)8-10-5-3-2-4-6-10/h2-7H,8H2,1H3. The van der Waals surface area contributed by atoms with E-state index in [-0.39, 0.29) is 16.7 Å². The van der Waals surface area contributed by atoms with Crippen LogP contribution in [0.1, 0.15) is 11.3 Å². The van der Waals surface area contributed by atoms with Gasteiger partial charge < -0.3 is 4.18 Å². The topological polar surface area (TPSA) is 56.3 Å². The van der Waals surface area contributed by atoms with Crippen LogP contribution in [0, 0.1) is 6.92 Å². The smallest absolute Gasteiger partial charge is 0.314 e. The molecule has 0 saturated carbocycles. The van der Waals surface area contributed by atoms with Crippen molar-refractivity contribution < 1.29 is 12.6 Å². The Kier molecular flexibility index (Phi) is 4.52. The lowest BCUT2D eigenvalue weighted by atomic mass is 10.2. The highest BCUT2D eigenvalue weighted by atomic mass is 35.5. The fraction of sp³-hybridized carbons (Fsp3) is 0.154. The minimum Gasteiger partial charge on any atom is -0.360 e. The van der Waals surface area contributed by atoms with Crippen LogP contribution in [0.3, 0.4) is 0 Å². The van der Waals surface area contributed by atoms with Gasteiger partial charge in [-0.25, -0.2) is 4.98 Å². The van der Waals surface area contributed by atoms with Gasteiger partial charge >= 0.3 is 10.1 Å². The van der Waals surface area contributed by atoms with E-state index in [9.17, 15) is 8.42 Å². The van der Waals surface area contributed by atoms with Gasteiger partial charge in [0.1, 0.15) is 10.8 Å². The lowest BCUT2D eigenvalue weighted by molar-refractivity contribution is 0.474. The molecule has 0 aliphatic rings. The van der Waals surface area contributed by atoms with Crippen molar-refractivity contribution in [3.8, 4) is 5.88 Å². The lowest BCUT2D eigenvalue weighted by Crippen LogP contribution is -2.13. The average Bonchev–Trinajstić information content (AvgIpc) is 2.36. The molecule has 0 bridgehead atoms. The van der Waals surface area contributed by atoms with Crippen molar-refractivity contribution in [1.82, 2.24) is 4.98 Å². The van der Waals surface area contributed by atoms with Gasteiger partial charge in [0.25, 0.3) is 5.88 Å². The van der Waals surface area contributed by atoms with Crippen LogP contribution in [0.25, 0.3) is 0 Å². The molecule has 0 N–H and O–H groups in total. The Balaban J connectivity index is 2.23. The number of aryl methyl sites for hydroxylation is 1. The Morgan fingerprint density at radius 2 is 1.80 bits per heavy atom. The van der Waals surface area contributed by atoms with Gasteiger partial charge in [-0.05, 0) is 18.6 Å². The first-order valence-electron chi connectivity index (χ1n) is 5.66. The van der Waals surface area contributed by atoms with Crippen molar-refractivity contribution in [2.75, 3.05) is 0 Å². The molecular formula is C13H11Cl2NO3S. The number of halogens is 2. The quantitative estimate of drug-likeness (QED) is 0.803. The maximum absolute atomic E-state index is 12.0. The number of benzene rings is 1. The molecule has 2 aromatic rings. The van der Waals surface area contributed by atoms with Gasteiger partial charge in [0.05, 0.1) is 10.7 Å². The Hall–Kier alpha value is -1.30. The van der Waals surface area contributed by atoms with Crippen LogP contribution in [0.15, 0.2) is 36.4 Å². The van der Waals surface area contributed by atoms with E-state index in [1.54, 1.807) is 37.3 Å². The number of hydrogen-bond acceptors (Lipinski definition) is 4. The molecule has 0 aliphatic carbocycles. The molecule has 1 aromatic carbocycles. The first-order chi connectivity index (χ1) is 9.37. The summed E-state index contributed by atoms with van der Waals surface area (Å²) >= 11 is 11.7. The van der Waals surface area contributed by atoms with Gasteiger partial charge in [0, 0.05) is 0 Å². The van der Waals surface area contributed by atoms with Crippen LogP contribution < -0.4 is 4.18 Å². The van der Waals surface area contributed by atoms with Crippen LogP contribution in [0.2, 0.25) is 10.0 Å².